The van der Waals surface area contributed by atoms with Gasteiger partial charge in [-0.15, -0.1) is 0 Å². The molecule has 0 spiro atoms. The largest absolute Gasteiger partial charge is 0.496 e. The number of nitrogens with zero attached hydrogens (tertiary/aromatic N) is 1. The predicted octanol–water partition coefficient (Wildman–Crippen LogP) is 2.10. The van der Waals surface area contributed by atoms with Gasteiger partial charge in [0.05, 0.1) is 13.3 Å². The highest BCUT2D eigenvalue weighted by Crippen LogP contribution is 2.31. The quantitative estimate of drug-likeness (QED) is 0.869. The van der Waals surface area contributed by atoms with E-state index >= 15 is 0 Å². The number of aromatic nitrogens is 2. The van der Waals surface area contributed by atoms with Crippen molar-refractivity contribution in [3.63, 3.8) is 0 Å². The summed E-state index contributed by atoms with van der Waals surface area (Å²) in [5.74, 6) is 0.650. The number of hydrogen-bond donors (Lipinski definition) is 1. The van der Waals surface area contributed by atoms with E-state index in [9.17, 15) is 4.79 Å². The van der Waals surface area contributed by atoms with E-state index in [1.165, 1.54) is 6.07 Å². The minimum atomic E-state index is -0.264. The SMILES string of the molecule is COc1ccc(Cl)cc1-c1cn[nH]c(=O)c1. The maximum atomic E-state index is 11.2. The molecular weight excluding hydrogens is 228 g/mol. The second-order valence-corrected chi connectivity index (χ2v) is 3.61. The number of nitrogens with one attached hydrogen (secondary N) is 1. The monoisotopic (exact) mass is 236 g/mol. The van der Waals surface area contributed by atoms with Crippen LogP contribution < -0.4 is 10.3 Å². The Kier molecular flexibility index (Phi) is 2.92. The lowest BCUT2D eigenvalue weighted by Crippen LogP contribution is -2.05. The van der Waals surface area contributed by atoms with Gasteiger partial charge in [-0.1, -0.05) is 11.6 Å². The summed E-state index contributed by atoms with van der Waals surface area (Å²) < 4.78 is 5.20. The van der Waals surface area contributed by atoms with Crippen LogP contribution in [0.4, 0.5) is 0 Å². The molecule has 0 atom stereocenters. The van der Waals surface area contributed by atoms with Crippen LogP contribution in [-0.2, 0) is 0 Å². The first-order valence-corrected chi connectivity index (χ1v) is 4.97. The highest BCUT2D eigenvalue weighted by Gasteiger charge is 2.07. The van der Waals surface area contributed by atoms with Gasteiger partial charge < -0.3 is 4.74 Å². The molecule has 4 nitrogen and oxygen atoms in total. The zero-order valence-corrected chi connectivity index (χ0v) is 9.28. The molecule has 1 aromatic heterocycles. The van der Waals surface area contributed by atoms with Gasteiger partial charge in [0.2, 0.25) is 0 Å². The molecule has 16 heavy (non-hydrogen) atoms. The van der Waals surface area contributed by atoms with Crippen LogP contribution in [0.25, 0.3) is 11.1 Å². The summed E-state index contributed by atoms with van der Waals surface area (Å²) in [5.41, 5.74) is 1.15. The summed E-state index contributed by atoms with van der Waals surface area (Å²) >= 11 is 5.90. The molecule has 0 aliphatic rings. The molecule has 0 unspecified atom stereocenters. The van der Waals surface area contributed by atoms with E-state index in [4.69, 9.17) is 16.3 Å². The molecule has 1 aromatic carbocycles. The van der Waals surface area contributed by atoms with Gasteiger partial charge in [0.15, 0.2) is 0 Å². The maximum Gasteiger partial charge on any atom is 0.264 e. The van der Waals surface area contributed by atoms with Crippen molar-refractivity contribution in [2.24, 2.45) is 0 Å². The van der Waals surface area contributed by atoms with Crippen molar-refractivity contribution in [2.75, 3.05) is 7.11 Å². The normalized spacial score (nSPS) is 10.1. The Morgan fingerprint density at radius 1 is 1.38 bits per heavy atom. The Bertz CT molecular complexity index is 566. The van der Waals surface area contributed by atoms with Gasteiger partial charge in [0.1, 0.15) is 5.75 Å². The lowest BCUT2D eigenvalue weighted by molar-refractivity contribution is 0.416. The third-order valence-corrected chi connectivity index (χ3v) is 2.37. The first-order valence-electron chi connectivity index (χ1n) is 4.59. The zero-order valence-electron chi connectivity index (χ0n) is 8.53. The molecule has 0 saturated carbocycles. The summed E-state index contributed by atoms with van der Waals surface area (Å²) in [5, 5.41) is 6.62. The summed E-state index contributed by atoms with van der Waals surface area (Å²) in [6.45, 7) is 0. The van der Waals surface area contributed by atoms with Gasteiger partial charge in [-0.3, -0.25) is 4.79 Å². The van der Waals surface area contributed by atoms with Crippen LogP contribution in [0, 0.1) is 0 Å². The minimum absolute atomic E-state index is 0.264. The second-order valence-electron chi connectivity index (χ2n) is 3.18. The Morgan fingerprint density at radius 2 is 2.19 bits per heavy atom. The number of benzene rings is 1. The smallest absolute Gasteiger partial charge is 0.264 e. The number of aromatic amines is 1. The molecule has 1 N–H and O–H groups in total. The van der Waals surface area contributed by atoms with E-state index in [1.54, 1.807) is 31.5 Å². The first kappa shape index (κ1) is 10.7. The molecule has 82 valence electrons. The average molecular weight is 237 g/mol. The molecule has 0 amide bonds. The van der Waals surface area contributed by atoms with E-state index in [0.717, 1.165) is 5.56 Å². The molecule has 0 bridgehead atoms. The lowest BCUT2D eigenvalue weighted by atomic mass is 10.1. The first-order chi connectivity index (χ1) is 7.70. The van der Waals surface area contributed by atoms with Crippen LogP contribution >= 0.6 is 11.6 Å². The van der Waals surface area contributed by atoms with Gasteiger partial charge in [-0.2, -0.15) is 5.10 Å². The third kappa shape index (κ3) is 2.06. The lowest BCUT2D eigenvalue weighted by Gasteiger charge is -2.07. The number of H-pyrrole nitrogens is 1. The predicted molar refractivity (Wildman–Crippen MR) is 61.9 cm³/mol. The summed E-state index contributed by atoms with van der Waals surface area (Å²) in [6.07, 6.45) is 1.55. The Labute approximate surface area is 96.8 Å². The van der Waals surface area contributed by atoms with E-state index in [0.29, 0.717) is 16.3 Å². The van der Waals surface area contributed by atoms with Gasteiger partial charge in [0.25, 0.3) is 5.56 Å². The maximum absolute atomic E-state index is 11.2. The number of rotatable bonds is 2. The van der Waals surface area contributed by atoms with Gasteiger partial charge in [-0.05, 0) is 18.2 Å². The number of methoxy groups -OCH3 is 1. The molecule has 2 aromatic rings. The molecule has 1 heterocycles. The standard InChI is InChI=1S/C11H9ClN2O2/c1-16-10-3-2-8(12)5-9(10)7-4-11(15)14-13-6-7/h2-6H,1H3,(H,14,15). The Morgan fingerprint density at radius 3 is 2.88 bits per heavy atom. The summed E-state index contributed by atoms with van der Waals surface area (Å²) in [4.78, 5) is 11.2. The van der Waals surface area contributed by atoms with Crippen molar-refractivity contribution in [1.29, 1.82) is 0 Å². The third-order valence-electron chi connectivity index (χ3n) is 2.14. The molecule has 0 aliphatic heterocycles. The zero-order chi connectivity index (χ0) is 11.5. The molecule has 5 heteroatoms. The van der Waals surface area contributed by atoms with Gasteiger partial charge in [-0.25, -0.2) is 5.10 Å². The van der Waals surface area contributed by atoms with Crippen LogP contribution in [0.2, 0.25) is 5.02 Å². The second kappa shape index (κ2) is 4.37. The number of hydrogen-bond acceptors (Lipinski definition) is 3. The van der Waals surface area contributed by atoms with Crippen LogP contribution in [0.5, 0.6) is 5.75 Å². The van der Waals surface area contributed by atoms with Crippen molar-refractivity contribution >= 4 is 11.6 Å². The molecule has 0 aliphatic carbocycles. The summed E-state index contributed by atoms with van der Waals surface area (Å²) in [7, 11) is 1.56. The molecule has 0 radical (unpaired) electrons. The number of ether oxygens (including phenoxy) is 1. The fourth-order valence-corrected chi connectivity index (χ4v) is 1.60. The minimum Gasteiger partial charge on any atom is -0.496 e. The van der Waals surface area contributed by atoms with E-state index < -0.39 is 0 Å². The van der Waals surface area contributed by atoms with Gasteiger partial charge in [0, 0.05) is 22.2 Å². The van der Waals surface area contributed by atoms with E-state index in [1.807, 2.05) is 0 Å². The fourth-order valence-electron chi connectivity index (χ4n) is 1.43. The summed E-state index contributed by atoms with van der Waals surface area (Å²) in [6, 6.07) is 6.65. The topological polar surface area (TPSA) is 55.0 Å². The van der Waals surface area contributed by atoms with Crippen molar-refractivity contribution in [2.45, 2.75) is 0 Å². The van der Waals surface area contributed by atoms with Crippen molar-refractivity contribution in [3.8, 4) is 16.9 Å². The fraction of sp³-hybridized carbons (Fsp3) is 0.0909. The Hall–Kier alpha value is -1.81. The van der Waals surface area contributed by atoms with Crippen molar-refractivity contribution in [1.82, 2.24) is 10.2 Å². The van der Waals surface area contributed by atoms with E-state index in [-0.39, 0.29) is 5.56 Å². The average Bonchev–Trinajstić information content (AvgIpc) is 2.29. The molecular formula is C11H9ClN2O2. The van der Waals surface area contributed by atoms with Crippen molar-refractivity contribution in [3.05, 3.63) is 45.8 Å². The van der Waals surface area contributed by atoms with Crippen LogP contribution in [0.15, 0.2) is 35.3 Å². The Balaban J connectivity index is 2.62. The number of halogens is 1. The van der Waals surface area contributed by atoms with Crippen LogP contribution in [0.1, 0.15) is 0 Å². The highest BCUT2D eigenvalue weighted by atomic mass is 35.5. The molecule has 0 fully saturated rings. The van der Waals surface area contributed by atoms with Crippen molar-refractivity contribution < 1.29 is 4.74 Å². The molecule has 0 saturated heterocycles. The van der Waals surface area contributed by atoms with Crippen LogP contribution in [-0.4, -0.2) is 17.3 Å². The van der Waals surface area contributed by atoms with E-state index in [2.05, 4.69) is 10.2 Å². The van der Waals surface area contributed by atoms with Gasteiger partial charge >= 0.3 is 0 Å². The molecule has 2 rings (SSSR count). The highest BCUT2D eigenvalue weighted by molar-refractivity contribution is 6.31. The van der Waals surface area contributed by atoms with Crippen LogP contribution in [0.3, 0.4) is 0 Å².